The van der Waals surface area contributed by atoms with E-state index < -0.39 is 0 Å². The highest BCUT2D eigenvalue weighted by Crippen LogP contribution is 2.49. The van der Waals surface area contributed by atoms with Crippen LogP contribution in [0.2, 0.25) is 0 Å². The molecule has 1 aliphatic rings. The average molecular weight is 353 g/mol. The summed E-state index contributed by atoms with van der Waals surface area (Å²) in [7, 11) is 0. The quantitative estimate of drug-likeness (QED) is 0.563. The normalized spacial score (nSPS) is 13.8. The molecule has 2 nitrogen and oxygen atoms in total. The Morgan fingerprint density at radius 2 is 1.85 bits per heavy atom. The molecular weight excluding hydrogens is 339 g/mol. The molecule has 2 aromatic rings. The molecule has 104 valence electrons. The highest BCUT2D eigenvalue weighted by molar-refractivity contribution is 9.09. The van der Waals surface area contributed by atoms with E-state index in [-0.39, 0.29) is 5.82 Å². The Hall–Kier alpha value is -1.20. The van der Waals surface area contributed by atoms with Crippen LogP contribution in [0.3, 0.4) is 0 Å². The van der Waals surface area contributed by atoms with E-state index in [0.717, 1.165) is 28.8 Å². The number of aryl methyl sites for hydroxylation is 1. The Kier molecular flexibility index (Phi) is 3.89. The van der Waals surface area contributed by atoms with Crippen LogP contribution in [-0.4, -0.2) is 11.9 Å². The van der Waals surface area contributed by atoms with Gasteiger partial charge in [0.15, 0.2) is 0 Å². The molecular formula is C15H14BrFN2S. The molecule has 0 saturated heterocycles. The summed E-state index contributed by atoms with van der Waals surface area (Å²) in [5.74, 6) is -0.193. The van der Waals surface area contributed by atoms with Gasteiger partial charge in [-0.25, -0.2) is 4.39 Å². The number of anilines is 3. The van der Waals surface area contributed by atoms with Crippen molar-refractivity contribution in [1.29, 1.82) is 0 Å². The summed E-state index contributed by atoms with van der Waals surface area (Å²) in [6, 6.07) is 13.2. The van der Waals surface area contributed by atoms with Crippen molar-refractivity contribution in [2.45, 2.75) is 6.92 Å². The molecule has 0 atom stereocenters. The highest BCUT2D eigenvalue weighted by atomic mass is 79.9. The number of rotatable bonds is 3. The van der Waals surface area contributed by atoms with E-state index in [1.54, 1.807) is 18.2 Å². The van der Waals surface area contributed by atoms with Crippen molar-refractivity contribution >= 4 is 45.1 Å². The van der Waals surface area contributed by atoms with Crippen molar-refractivity contribution in [3.05, 3.63) is 53.8 Å². The molecule has 0 spiro atoms. The molecule has 3 rings (SSSR count). The molecule has 0 aromatic heterocycles. The standard InChI is InChI=1S/C15H14BrFN2S/c1-11-10-12(17)6-7-13(11)19-15-5-3-2-4-14(15)18(20-19)9-8-16/h2-7,10H,8-9H2,1H3. The highest BCUT2D eigenvalue weighted by Gasteiger charge is 2.28. The molecule has 1 aliphatic heterocycles. The fourth-order valence-corrected chi connectivity index (χ4v) is 4.03. The lowest BCUT2D eigenvalue weighted by molar-refractivity contribution is 0.627. The molecule has 0 amide bonds. The van der Waals surface area contributed by atoms with E-state index in [1.807, 2.05) is 25.1 Å². The number of halogens is 2. The Morgan fingerprint density at radius 3 is 2.55 bits per heavy atom. The zero-order chi connectivity index (χ0) is 14.1. The van der Waals surface area contributed by atoms with Crippen molar-refractivity contribution in [2.75, 3.05) is 20.5 Å². The van der Waals surface area contributed by atoms with Crippen LogP contribution in [0.4, 0.5) is 21.5 Å². The lowest BCUT2D eigenvalue weighted by atomic mass is 10.1. The maximum Gasteiger partial charge on any atom is 0.123 e. The smallest absolute Gasteiger partial charge is 0.123 e. The minimum atomic E-state index is -0.193. The molecule has 20 heavy (non-hydrogen) atoms. The molecule has 0 unspecified atom stereocenters. The van der Waals surface area contributed by atoms with Crippen LogP contribution in [0.15, 0.2) is 42.5 Å². The average Bonchev–Trinajstić information content (AvgIpc) is 2.79. The summed E-state index contributed by atoms with van der Waals surface area (Å²) in [5.41, 5.74) is 4.31. The number of hydrogen-bond acceptors (Lipinski definition) is 3. The summed E-state index contributed by atoms with van der Waals surface area (Å²) in [6.45, 7) is 2.85. The molecule has 5 heteroatoms. The minimum absolute atomic E-state index is 0.193. The summed E-state index contributed by atoms with van der Waals surface area (Å²) in [5, 5.41) is 0.907. The van der Waals surface area contributed by atoms with Crippen molar-refractivity contribution in [3.63, 3.8) is 0 Å². The van der Waals surface area contributed by atoms with Gasteiger partial charge < -0.3 is 0 Å². The van der Waals surface area contributed by atoms with Crippen LogP contribution in [0.5, 0.6) is 0 Å². The number of fused-ring (bicyclic) bond motifs is 1. The molecule has 0 radical (unpaired) electrons. The Labute approximate surface area is 131 Å². The Morgan fingerprint density at radius 1 is 1.10 bits per heavy atom. The van der Waals surface area contributed by atoms with E-state index in [9.17, 15) is 4.39 Å². The van der Waals surface area contributed by atoms with Gasteiger partial charge in [0.1, 0.15) is 5.82 Å². The molecule has 0 fully saturated rings. The van der Waals surface area contributed by atoms with Crippen molar-refractivity contribution in [2.24, 2.45) is 0 Å². The van der Waals surface area contributed by atoms with E-state index in [4.69, 9.17) is 0 Å². The van der Waals surface area contributed by atoms with Crippen molar-refractivity contribution in [1.82, 2.24) is 0 Å². The fourth-order valence-electron chi connectivity index (χ4n) is 2.29. The first-order valence-electron chi connectivity index (χ1n) is 6.37. The number of nitrogens with zero attached hydrogens (tertiary/aromatic N) is 2. The van der Waals surface area contributed by atoms with Crippen LogP contribution in [0.1, 0.15) is 5.56 Å². The second-order valence-electron chi connectivity index (χ2n) is 4.59. The maximum absolute atomic E-state index is 13.3. The molecule has 1 heterocycles. The molecule has 0 bridgehead atoms. The fraction of sp³-hybridized carbons (Fsp3) is 0.200. The van der Waals surface area contributed by atoms with Gasteiger partial charge in [-0.1, -0.05) is 28.1 Å². The number of alkyl halides is 1. The molecule has 0 aliphatic carbocycles. The predicted octanol–water partition coefficient (Wildman–Crippen LogP) is 5.05. The van der Waals surface area contributed by atoms with Gasteiger partial charge in [-0.05, 0) is 42.8 Å². The van der Waals surface area contributed by atoms with Crippen LogP contribution in [0, 0.1) is 12.7 Å². The van der Waals surface area contributed by atoms with Gasteiger partial charge in [0.05, 0.1) is 29.2 Å². The van der Waals surface area contributed by atoms with Crippen LogP contribution in [-0.2, 0) is 0 Å². The maximum atomic E-state index is 13.3. The second kappa shape index (κ2) is 5.66. The van der Waals surface area contributed by atoms with Crippen LogP contribution < -0.4 is 8.61 Å². The summed E-state index contributed by atoms with van der Waals surface area (Å²) < 4.78 is 17.7. The first-order chi connectivity index (χ1) is 9.70. The van der Waals surface area contributed by atoms with Gasteiger partial charge in [-0.3, -0.25) is 8.61 Å². The molecule has 0 saturated carbocycles. The third-order valence-corrected chi connectivity index (χ3v) is 4.70. The first-order valence-corrected chi connectivity index (χ1v) is 8.23. The van der Waals surface area contributed by atoms with Gasteiger partial charge in [0, 0.05) is 11.9 Å². The summed E-state index contributed by atoms with van der Waals surface area (Å²) in [4.78, 5) is 0. The molecule has 0 N–H and O–H groups in total. The molecule has 2 aromatic carbocycles. The summed E-state index contributed by atoms with van der Waals surface area (Å²) >= 11 is 5.14. The van der Waals surface area contributed by atoms with Crippen molar-refractivity contribution in [3.8, 4) is 0 Å². The Balaban J connectivity index is 2.03. The zero-order valence-corrected chi connectivity index (χ0v) is 13.4. The largest absolute Gasteiger partial charge is 0.295 e. The monoisotopic (exact) mass is 352 g/mol. The van der Waals surface area contributed by atoms with E-state index in [1.165, 1.54) is 11.8 Å². The van der Waals surface area contributed by atoms with Gasteiger partial charge >= 0.3 is 0 Å². The number of para-hydroxylation sites is 2. The van der Waals surface area contributed by atoms with Gasteiger partial charge in [-0.15, -0.1) is 0 Å². The number of hydrogen-bond donors (Lipinski definition) is 0. The van der Waals surface area contributed by atoms with E-state index in [2.05, 4.69) is 36.7 Å². The van der Waals surface area contributed by atoms with Gasteiger partial charge in [0.25, 0.3) is 0 Å². The zero-order valence-electron chi connectivity index (χ0n) is 11.0. The van der Waals surface area contributed by atoms with E-state index >= 15 is 0 Å². The first kappa shape index (κ1) is 13.8. The number of benzene rings is 2. The summed E-state index contributed by atoms with van der Waals surface area (Å²) in [6.07, 6.45) is 0. The SMILES string of the molecule is Cc1cc(F)ccc1N1SN(CCBr)c2ccccc21. The van der Waals surface area contributed by atoms with Gasteiger partial charge in [0.2, 0.25) is 0 Å². The lowest BCUT2D eigenvalue weighted by Gasteiger charge is -2.20. The second-order valence-corrected chi connectivity index (χ2v) is 6.35. The lowest BCUT2D eigenvalue weighted by Crippen LogP contribution is -2.16. The topological polar surface area (TPSA) is 6.48 Å². The third kappa shape index (κ3) is 2.40. The van der Waals surface area contributed by atoms with Crippen LogP contribution >= 0.6 is 28.1 Å². The van der Waals surface area contributed by atoms with Gasteiger partial charge in [-0.2, -0.15) is 0 Å². The van der Waals surface area contributed by atoms with E-state index in [0.29, 0.717) is 0 Å². The van der Waals surface area contributed by atoms with Crippen molar-refractivity contribution < 1.29 is 4.39 Å². The van der Waals surface area contributed by atoms with Crippen LogP contribution in [0.25, 0.3) is 0 Å². The minimum Gasteiger partial charge on any atom is -0.295 e. The Bertz CT molecular complexity index is 635. The predicted molar refractivity (Wildman–Crippen MR) is 88.4 cm³/mol. The third-order valence-electron chi connectivity index (χ3n) is 3.21.